The van der Waals surface area contributed by atoms with Crippen molar-refractivity contribution in [3.8, 4) is 11.5 Å². The summed E-state index contributed by atoms with van der Waals surface area (Å²) in [6.07, 6.45) is 0.378. The van der Waals surface area contributed by atoms with Crippen molar-refractivity contribution in [3.05, 3.63) is 34.1 Å². The number of hydrogen-bond acceptors (Lipinski definition) is 4. The summed E-state index contributed by atoms with van der Waals surface area (Å²) < 4.78 is 32.4. The van der Waals surface area contributed by atoms with Gasteiger partial charge in [-0.1, -0.05) is 21.1 Å². The van der Waals surface area contributed by atoms with Crippen LogP contribution in [0.5, 0.6) is 0 Å². The Morgan fingerprint density at radius 1 is 1.39 bits per heavy atom. The molecule has 0 radical (unpaired) electrons. The SMILES string of the molecule is CC(N)Cc1noc(-c2c(F)cc(Br)cc2F)n1. The zero-order valence-corrected chi connectivity index (χ0v) is 11.0. The Bertz CT molecular complexity index is 548. The Hall–Kier alpha value is -1.34. The Morgan fingerprint density at radius 2 is 2.00 bits per heavy atom. The molecule has 0 saturated heterocycles. The van der Waals surface area contributed by atoms with Gasteiger partial charge in [0.2, 0.25) is 0 Å². The highest BCUT2D eigenvalue weighted by molar-refractivity contribution is 9.10. The molecule has 0 aliphatic heterocycles. The lowest BCUT2D eigenvalue weighted by Crippen LogP contribution is -2.18. The monoisotopic (exact) mass is 317 g/mol. The van der Waals surface area contributed by atoms with Crippen molar-refractivity contribution in [1.29, 1.82) is 0 Å². The highest BCUT2D eigenvalue weighted by atomic mass is 79.9. The molecule has 96 valence electrons. The molecule has 18 heavy (non-hydrogen) atoms. The topological polar surface area (TPSA) is 64.9 Å². The van der Waals surface area contributed by atoms with Gasteiger partial charge >= 0.3 is 0 Å². The molecule has 0 aliphatic carbocycles. The van der Waals surface area contributed by atoms with E-state index in [1.807, 2.05) is 0 Å². The molecule has 1 aromatic heterocycles. The van der Waals surface area contributed by atoms with E-state index in [4.69, 9.17) is 10.3 Å². The second kappa shape index (κ2) is 5.11. The first-order chi connectivity index (χ1) is 8.47. The predicted octanol–water partition coefficient (Wildman–Crippen LogP) is 2.67. The number of nitrogens with two attached hydrogens (primary N) is 1. The molecule has 1 atom stereocenters. The van der Waals surface area contributed by atoms with E-state index in [0.717, 1.165) is 12.1 Å². The maximum Gasteiger partial charge on any atom is 0.263 e. The summed E-state index contributed by atoms with van der Waals surface area (Å²) in [5.41, 5.74) is 5.24. The third-order valence-electron chi connectivity index (χ3n) is 2.19. The summed E-state index contributed by atoms with van der Waals surface area (Å²) in [6.45, 7) is 1.77. The van der Waals surface area contributed by atoms with Crippen LogP contribution < -0.4 is 5.73 Å². The van der Waals surface area contributed by atoms with Gasteiger partial charge in [0.1, 0.15) is 17.2 Å². The van der Waals surface area contributed by atoms with Gasteiger partial charge in [-0.25, -0.2) is 8.78 Å². The summed E-state index contributed by atoms with van der Waals surface area (Å²) in [4.78, 5) is 3.92. The molecule has 7 heteroatoms. The lowest BCUT2D eigenvalue weighted by atomic mass is 10.2. The molecule has 1 aromatic carbocycles. The van der Waals surface area contributed by atoms with Crippen molar-refractivity contribution in [2.75, 3.05) is 0 Å². The van der Waals surface area contributed by atoms with E-state index in [0.29, 0.717) is 16.7 Å². The highest BCUT2D eigenvalue weighted by Crippen LogP contribution is 2.27. The molecule has 1 heterocycles. The van der Waals surface area contributed by atoms with Crippen LogP contribution in [0.3, 0.4) is 0 Å². The molecule has 0 bridgehead atoms. The Morgan fingerprint density at radius 3 is 2.56 bits per heavy atom. The van der Waals surface area contributed by atoms with Gasteiger partial charge in [0.05, 0.1) is 0 Å². The van der Waals surface area contributed by atoms with Gasteiger partial charge in [-0.15, -0.1) is 0 Å². The van der Waals surface area contributed by atoms with E-state index in [9.17, 15) is 8.78 Å². The fraction of sp³-hybridized carbons (Fsp3) is 0.273. The lowest BCUT2D eigenvalue weighted by Gasteiger charge is -2.00. The van der Waals surface area contributed by atoms with Crippen LogP contribution in [0.4, 0.5) is 8.78 Å². The van der Waals surface area contributed by atoms with Crippen LogP contribution in [0.1, 0.15) is 12.7 Å². The van der Waals surface area contributed by atoms with Crippen LogP contribution in [0.15, 0.2) is 21.1 Å². The minimum Gasteiger partial charge on any atom is -0.334 e. The van der Waals surface area contributed by atoms with E-state index in [1.165, 1.54) is 0 Å². The quantitative estimate of drug-likeness (QED) is 0.945. The minimum absolute atomic E-state index is 0.157. The lowest BCUT2D eigenvalue weighted by molar-refractivity contribution is 0.415. The van der Waals surface area contributed by atoms with Crippen molar-refractivity contribution in [2.24, 2.45) is 5.73 Å². The Labute approximate surface area is 110 Å². The summed E-state index contributed by atoms with van der Waals surface area (Å²) in [5.74, 6) is -1.40. The standard InChI is InChI=1S/C11H10BrF2N3O/c1-5(15)2-9-16-11(18-17-9)10-7(13)3-6(12)4-8(10)14/h3-5H,2,15H2,1H3. The average molecular weight is 318 g/mol. The summed E-state index contributed by atoms with van der Waals surface area (Å²) >= 11 is 2.99. The molecule has 1 unspecified atom stereocenters. The summed E-state index contributed by atoms with van der Waals surface area (Å²) in [5, 5.41) is 3.63. The van der Waals surface area contributed by atoms with E-state index in [1.54, 1.807) is 6.92 Å². The maximum atomic E-state index is 13.6. The molecule has 0 amide bonds. The first-order valence-electron chi connectivity index (χ1n) is 5.20. The smallest absolute Gasteiger partial charge is 0.263 e. The third-order valence-corrected chi connectivity index (χ3v) is 2.65. The zero-order chi connectivity index (χ0) is 13.3. The minimum atomic E-state index is -0.766. The van der Waals surface area contributed by atoms with Crippen molar-refractivity contribution in [2.45, 2.75) is 19.4 Å². The second-order valence-corrected chi connectivity index (χ2v) is 4.86. The van der Waals surface area contributed by atoms with Gasteiger partial charge in [-0.3, -0.25) is 0 Å². The van der Waals surface area contributed by atoms with Crippen LogP contribution in [0.25, 0.3) is 11.5 Å². The molecule has 0 aliphatic rings. The molecule has 4 nitrogen and oxygen atoms in total. The van der Waals surface area contributed by atoms with Crippen LogP contribution in [0, 0.1) is 11.6 Å². The fourth-order valence-electron chi connectivity index (χ4n) is 1.47. The van der Waals surface area contributed by atoms with Crippen LogP contribution in [-0.2, 0) is 6.42 Å². The summed E-state index contributed by atoms with van der Waals surface area (Å²) in [7, 11) is 0. The van der Waals surface area contributed by atoms with Crippen molar-refractivity contribution >= 4 is 15.9 Å². The normalized spacial score (nSPS) is 12.7. The van der Waals surface area contributed by atoms with E-state index in [2.05, 4.69) is 26.1 Å². The number of hydrogen-bond donors (Lipinski definition) is 1. The van der Waals surface area contributed by atoms with Gasteiger partial charge < -0.3 is 10.3 Å². The van der Waals surface area contributed by atoms with Crippen molar-refractivity contribution in [3.63, 3.8) is 0 Å². The number of halogens is 3. The van der Waals surface area contributed by atoms with Crippen molar-refractivity contribution < 1.29 is 13.3 Å². The van der Waals surface area contributed by atoms with Gasteiger partial charge in [-0.2, -0.15) is 4.98 Å². The fourth-order valence-corrected chi connectivity index (χ4v) is 1.87. The molecule has 0 fully saturated rings. The van der Waals surface area contributed by atoms with E-state index in [-0.39, 0.29) is 17.5 Å². The van der Waals surface area contributed by atoms with Gasteiger partial charge in [-0.05, 0) is 19.1 Å². The van der Waals surface area contributed by atoms with Crippen LogP contribution >= 0.6 is 15.9 Å². The largest absolute Gasteiger partial charge is 0.334 e. The highest BCUT2D eigenvalue weighted by Gasteiger charge is 2.19. The first-order valence-corrected chi connectivity index (χ1v) is 5.99. The van der Waals surface area contributed by atoms with Gasteiger partial charge in [0.15, 0.2) is 5.82 Å². The molecule has 2 aromatic rings. The second-order valence-electron chi connectivity index (χ2n) is 3.94. The van der Waals surface area contributed by atoms with Crippen LogP contribution in [-0.4, -0.2) is 16.2 Å². The molecular formula is C11H10BrF2N3O. The predicted molar refractivity (Wildman–Crippen MR) is 64.7 cm³/mol. The van der Waals surface area contributed by atoms with E-state index < -0.39 is 11.6 Å². The number of aromatic nitrogens is 2. The number of rotatable bonds is 3. The molecule has 2 N–H and O–H groups in total. The molecular weight excluding hydrogens is 308 g/mol. The molecule has 0 saturated carbocycles. The molecule has 2 rings (SSSR count). The van der Waals surface area contributed by atoms with Gasteiger partial charge in [0, 0.05) is 16.9 Å². The number of nitrogens with zero attached hydrogens (tertiary/aromatic N) is 2. The Balaban J connectivity index is 2.40. The maximum absolute atomic E-state index is 13.6. The van der Waals surface area contributed by atoms with Gasteiger partial charge in [0.25, 0.3) is 5.89 Å². The van der Waals surface area contributed by atoms with Crippen LogP contribution in [0.2, 0.25) is 0 Å². The zero-order valence-electron chi connectivity index (χ0n) is 9.45. The third kappa shape index (κ3) is 2.73. The first kappa shape index (κ1) is 13.1. The molecule has 0 spiro atoms. The Kier molecular flexibility index (Phi) is 3.72. The number of benzene rings is 1. The van der Waals surface area contributed by atoms with E-state index >= 15 is 0 Å². The van der Waals surface area contributed by atoms with Crippen molar-refractivity contribution in [1.82, 2.24) is 10.1 Å². The summed E-state index contributed by atoms with van der Waals surface area (Å²) in [6, 6.07) is 2.11. The average Bonchev–Trinajstić information content (AvgIpc) is 2.63.